The summed E-state index contributed by atoms with van der Waals surface area (Å²) in [5.74, 6) is 0.665. The van der Waals surface area contributed by atoms with Crippen LogP contribution in [0.1, 0.15) is 18.1 Å². The van der Waals surface area contributed by atoms with Gasteiger partial charge in [0.05, 0.1) is 11.8 Å². The third kappa shape index (κ3) is 3.07. The van der Waals surface area contributed by atoms with Crippen LogP contribution in [0.2, 0.25) is 0 Å². The van der Waals surface area contributed by atoms with E-state index in [1.54, 1.807) is 12.3 Å². The van der Waals surface area contributed by atoms with E-state index in [9.17, 15) is 0 Å². The number of benzene rings is 1. The molecule has 0 aliphatic rings. The molecular formula is C14H17N5. The number of nitrogen functional groups attached to an aromatic ring is 1. The predicted octanol–water partition coefficient (Wildman–Crippen LogP) is 1.79. The number of nitrogens with zero attached hydrogens (tertiary/aromatic N) is 3. The molecule has 0 unspecified atom stereocenters. The van der Waals surface area contributed by atoms with Crippen molar-refractivity contribution in [1.29, 1.82) is 5.41 Å². The maximum atomic E-state index is 7.61. The van der Waals surface area contributed by atoms with Gasteiger partial charge in [-0.3, -0.25) is 5.41 Å². The van der Waals surface area contributed by atoms with Crippen LogP contribution in [-0.2, 0) is 6.54 Å². The minimum atomic E-state index is 0.0106. The van der Waals surface area contributed by atoms with E-state index < -0.39 is 0 Å². The van der Waals surface area contributed by atoms with Crippen LogP contribution in [0.4, 0.5) is 5.82 Å². The first-order chi connectivity index (χ1) is 9.22. The summed E-state index contributed by atoms with van der Waals surface area (Å²) >= 11 is 0. The zero-order valence-electron chi connectivity index (χ0n) is 10.9. The maximum absolute atomic E-state index is 7.61. The molecule has 3 N–H and O–H groups in total. The van der Waals surface area contributed by atoms with E-state index in [2.05, 4.69) is 27.2 Å². The second-order valence-corrected chi connectivity index (χ2v) is 4.18. The van der Waals surface area contributed by atoms with Crippen molar-refractivity contribution in [3.8, 4) is 0 Å². The van der Waals surface area contributed by atoms with Gasteiger partial charge in [0.15, 0.2) is 5.82 Å². The second-order valence-electron chi connectivity index (χ2n) is 4.18. The Morgan fingerprint density at radius 2 is 2.00 bits per heavy atom. The molecule has 0 aliphatic carbocycles. The summed E-state index contributed by atoms with van der Waals surface area (Å²) in [6.45, 7) is 3.53. The molecule has 0 aliphatic heterocycles. The summed E-state index contributed by atoms with van der Waals surface area (Å²) in [5, 5.41) is 15.6. The van der Waals surface area contributed by atoms with Gasteiger partial charge in [0.2, 0.25) is 0 Å². The first-order valence-corrected chi connectivity index (χ1v) is 6.17. The lowest BCUT2D eigenvalue weighted by molar-refractivity contribution is 0.794. The third-order valence-corrected chi connectivity index (χ3v) is 2.89. The van der Waals surface area contributed by atoms with Crippen LogP contribution >= 0.6 is 0 Å². The smallest absolute Gasteiger partial charge is 0.162 e. The highest BCUT2D eigenvalue weighted by molar-refractivity contribution is 5.99. The van der Waals surface area contributed by atoms with Crippen molar-refractivity contribution in [3.63, 3.8) is 0 Å². The zero-order chi connectivity index (χ0) is 13.7. The zero-order valence-corrected chi connectivity index (χ0v) is 10.9. The number of hydrogen-bond acceptors (Lipinski definition) is 4. The SMILES string of the molecule is CCN(Cc1ccccc1)c1nnccc1C(=N)N. The van der Waals surface area contributed by atoms with E-state index in [-0.39, 0.29) is 5.84 Å². The van der Waals surface area contributed by atoms with Crippen LogP contribution in [0.25, 0.3) is 0 Å². The molecule has 0 amide bonds. The summed E-state index contributed by atoms with van der Waals surface area (Å²) in [6.07, 6.45) is 1.55. The van der Waals surface area contributed by atoms with Gasteiger partial charge in [-0.05, 0) is 18.6 Å². The Kier molecular flexibility index (Phi) is 4.07. The molecule has 0 spiro atoms. The third-order valence-electron chi connectivity index (χ3n) is 2.89. The van der Waals surface area contributed by atoms with Gasteiger partial charge >= 0.3 is 0 Å². The molecule has 1 heterocycles. The van der Waals surface area contributed by atoms with Gasteiger partial charge < -0.3 is 10.6 Å². The lowest BCUT2D eigenvalue weighted by Gasteiger charge is -2.23. The first kappa shape index (κ1) is 13.0. The average Bonchev–Trinajstić information content (AvgIpc) is 2.46. The predicted molar refractivity (Wildman–Crippen MR) is 76.2 cm³/mol. The van der Waals surface area contributed by atoms with E-state index in [4.69, 9.17) is 11.1 Å². The number of nitrogens with one attached hydrogen (secondary N) is 1. The molecule has 2 aromatic rings. The van der Waals surface area contributed by atoms with Gasteiger partial charge in [-0.2, -0.15) is 5.10 Å². The van der Waals surface area contributed by atoms with Gasteiger partial charge in [0.25, 0.3) is 0 Å². The second kappa shape index (κ2) is 5.95. The monoisotopic (exact) mass is 255 g/mol. The molecule has 0 atom stereocenters. The highest BCUT2D eigenvalue weighted by Gasteiger charge is 2.14. The minimum absolute atomic E-state index is 0.0106. The quantitative estimate of drug-likeness (QED) is 0.630. The molecule has 0 bridgehead atoms. The Balaban J connectivity index is 2.30. The number of aromatic nitrogens is 2. The minimum Gasteiger partial charge on any atom is -0.384 e. The number of amidine groups is 1. The van der Waals surface area contributed by atoms with Crippen LogP contribution in [0.5, 0.6) is 0 Å². The lowest BCUT2D eigenvalue weighted by Crippen LogP contribution is -2.27. The molecule has 1 aromatic carbocycles. The van der Waals surface area contributed by atoms with Gasteiger partial charge in [0.1, 0.15) is 5.84 Å². The molecule has 5 nitrogen and oxygen atoms in total. The molecule has 19 heavy (non-hydrogen) atoms. The molecular weight excluding hydrogens is 238 g/mol. The summed E-state index contributed by atoms with van der Waals surface area (Å²) < 4.78 is 0. The van der Waals surface area contributed by atoms with Crippen molar-refractivity contribution < 1.29 is 0 Å². The highest BCUT2D eigenvalue weighted by atomic mass is 15.3. The van der Waals surface area contributed by atoms with E-state index in [0.717, 1.165) is 13.1 Å². The Hall–Kier alpha value is -2.43. The molecule has 0 fully saturated rings. The number of anilines is 1. The maximum Gasteiger partial charge on any atom is 0.162 e. The molecule has 0 radical (unpaired) electrons. The Morgan fingerprint density at radius 3 is 2.63 bits per heavy atom. The topological polar surface area (TPSA) is 78.9 Å². The fraction of sp³-hybridized carbons (Fsp3) is 0.214. The van der Waals surface area contributed by atoms with Crippen LogP contribution in [0, 0.1) is 5.41 Å². The van der Waals surface area contributed by atoms with E-state index in [1.165, 1.54) is 5.56 Å². The number of nitrogens with two attached hydrogens (primary N) is 1. The lowest BCUT2D eigenvalue weighted by atomic mass is 10.2. The van der Waals surface area contributed by atoms with Gasteiger partial charge in [0, 0.05) is 13.1 Å². The molecule has 0 saturated heterocycles. The van der Waals surface area contributed by atoms with Crippen LogP contribution in [0.15, 0.2) is 42.6 Å². The summed E-state index contributed by atoms with van der Waals surface area (Å²) in [5.41, 5.74) is 7.39. The van der Waals surface area contributed by atoms with E-state index >= 15 is 0 Å². The van der Waals surface area contributed by atoms with Gasteiger partial charge in [-0.1, -0.05) is 30.3 Å². The molecule has 2 rings (SSSR count). The Morgan fingerprint density at radius 1 is 1.26 bits per heavy atom. The Bertz CT molecular complexity index is 553. The van der Waals surface area contributed by atoms with Gasteiger partial charge in [-0.15, -0.1) is 5.10 Å². The van der Waals surface area contributed by atoms with Crippen molar-refractivity contribution >= 4 is 11.7 Å². The van der Waals surface area contributed by atoms with Crippen molar-refractivity contribution in [2.24, 2.45) is 5.73 Å². The van der Waals surface area contributed by atoms with Crippen LogP contribution in [-0.4, -0.2) is 22.6 Å². The summed E-state index contributed by atoms with van der Waals surface area (Å²) in [7, 11) is 0. The standard InChI is InChI=1S/C14H17N5/c1-2-19(10-11-6-4-3-5-7-11)14-12(13(15)16)8-9-17-18-14/h3-9H,2,10H2,1H3,(H3,15,16). The number of hydrogen-bond donors (Lipinski definition) is 2. The normalized spacial score (nSPS) is 10.2. The largest absolute Gasteiger partial charge is 0.384 e. The van der Waals surface area contributed by atoms with Crippen molar-refractivity contribution in [2.75, 3.05) is 11.4 Å². The summed E-state index contributed by atoms with van der Waals surface area (Å²) in [4.78, 5) is 2.05. The van der Waals surface area contributed by atoms with Crippen molar-refractivity contribution in [1.82, 2.24) is 10.2 Å². The fourth-order valence-electron chi connectivity index (χ4n) is 1.91. The summed E-state index contributed by atoms with van der Waals surface area (Å²) in [6, 6.07) is 11.8. The van der Waals surface area contributed by atoms with Crippen molar-refractivity contribution in [2.45, 2.75) is 13.5 Å². The molecule has 0 saturated carbocycles. The van der Waals surface area contributed by atoms with Gasteiger partial charge in [-0.25, -0.2) is 0 Å². The average molecular weight is 255 g/mol. The Labute approximate surface area is 112 Å². The molecule has 5 heteroatoms. The molecule has 98 valence electrons. The highest BCUT2D eigenvalue weighted by Crippen LogP contribution is 2.18. The number of rotatable bonds is 5. The van der Waals surface area contributed by atoms with E-state index in [1.807, 2.05) is 25.1 Å². The van der Waals surface area contributed by atoms with Crippen molar-refractivity contribution in [3.05, 3.63) is 53.7 Å². The van der Waals surface area contributed by atoms with Crippen LogP contribution in [0.3, 0.4) is 0 Å². The molecule has 1 aromatic heterocycles. The van der Waals surface area contributed by atoms with E-state index in [0.29, 0.717) is 11.4 Å². The van der Waals surface area contributed by atoms with Crippen LogP contribution < -0.4 is 10.6 Å². The fourth-order valence-corrected chi connectivity index (χ4v) is 1.91. The first-order valence-electron chi connectivity index (χ1n) is 6.17.